The fraction of sp³-hybridized carbons (Fsp3) is 0.357. The van der Waals surface area contributed by atoms with E-state index in [1.54, 1.807) is 36.5 Å². The number of nitrogens with one attached hydrogen (secondary N) is 1. The van der Waals surface area contributed by atoms with Gasteiger partial charge in [0.25, 0.3) is 0 Å². The normalized spacial score (nSPS) is 12.7. The van der Waals surface area contributed by atoms with Crippen molar-refractivity contribution >= 4 is 52.8 Å². The molecule has 7 heteroatoms. The number of rotatable bonds is 6. The molecule has 0 aliphatic rings. The predicted octanol–water partition coefficient (Wildman–Crippen LogP) is 3.45. The minimum atomic E-state index is -3.63. The third-order valence-electron chi connectivity index (χ3n) is 3.43. The van der Waals surface area contributed by atoms with E-state index in [0.29, 0.717) is 28.0 Å². The highest BCUT2D eigenvalue weighted by molar-refractivity contribution is 9.09. The Morgan fingerprint density at radius 3 is 2.52 bits per heavy atom. The highest BCUT2D eigenvalue weighted by atomic mass is 79.9. The molecule has 1 heterocycles. The van der Waals surface area contributed by atoms with E-state index in [0.717, 1.165) is 0 Å². The van der Waals surface area contributed by atoms with Crippen LogP contribution in [0.5, 0.6) is 0 Å². The first kappa shape index (κ1) is 16.9. The Labute approximate surface area is 141 Å². The Morgan fingerprint density at radius 2 is 1.90 bits per heavy atom. The van der Waals surface area contributed by atoms with Crippen molar-refractivity contribution in [2.24, 2.45) is 0 Å². The number of hydrogen-bond donors (Lipinski definition) is 1. The van der Waals surface area contributed by atoms with E-state index >= 15 is 0 Å². The van der Waals surface area contributed by atoms with Crippen LogP contribution in [0.1, 0.15) is 13.3 Å². The molecule has 0 saturated carbocycles. The maximum Gasteiger partial charge on any atom is 0.241 e. The summed E-state index contributed by atoms with van der Waals surface area (Å²) >= 11 is 6.80. The molecule has 0 radical (unpaired) electrons. The molecule has 2 aromatic rings. The fourth-order valence-corrected chi connectivity index (χ4v) is 6.06. The molecule has 0 spiro atoms. The highest BCUT2D eigenvalue weighted by Gasteiger charge is 2.32. The fourth-order valence-electron chi connectivity index (χ4n) is 2.00. The summed E-state index contributed by atoms with van der Waals surface area (Å²) < 4.78 is 28.3. The lowest BCUT2D eigenvalue weighted by molar-refractivity contribution is 0.460. The van der Waals surface area contributed by atoms with E-state index in [4.69, 9.17) is 0 Å². The van der Waals surface area contributed by atoms with Crippen LogP contribution in [0, 0.1) is 0 Å². The molecule has 114 valence electrons. The summed E-state index contributed by atoms with van der Waals surface area (Å²) in [6.07, 6.45) is 2.32. The predicted molar refractivity (Wildman–Crippen MR) is 92.7 cm³/mol. The Balaban J connectivity index is 2.52. The Morgan fingerprint density at radius 1 is 1.19 bits per heavy atom. The average molecular weight is 436 g/mol. The zero-order valence-corrected chi connectivity index (χ0v) is 15.5. The number of fused-ring (bicyclic) bond motifs is 1. The molecule has 0 fully saturated rings. The summed E-state index contributed by atoms with van der Waals surface area (Å²) in [4.78, 5) is 4.46. The van der Waals surface area contributed by atoms with Crippen molar-refractivity contribution in [2.45, 2.75) is 23.8 Å². The molecule has 1 N–H and O–H groups in total. The third kappa shape index (κ3) is 3.47. The van der Waals surface area contributed by atoms with Gasteiger partial charge in [0.05, 0.1) is 16.0 Å². The molecule has 0 unspecified atom stereocenters. The second kappa shape index (κ2) is 6.73. The van der Waals surface area contributed by atoms with E-state index in [-0.39, 0.29) is 4.90 Å². The molecule has 1 aromatic carbocycles. The number of halogens is 2. The molecule has 2 rings (SSSR count). The summed E-state index contributed by atoms with van der Waals surface area (Å²) in [6.45, 7) is 1.95. The Bertz CT molecular complexity index is 717. The van der Waals surface area contributed by atoms with Gasteiger partial charge >= 0.3 is 0 Å². The van der Waals surface area contributed by atoms with Gasteiger partial charge in [-0.15, -0.1) is 0 Å². The van der Waals surface area contributed by atoms with E-state index in [1.807, 2.05) is 6.92 Å². The number of sulfonamides is 1. The zero-order valence-electron chi connectivity index (χ0n) is 11.5. The SMILES string of the molecule is CCC(CBr)(CBr)NS(=O)(=O)c1cccc2ncccc12. The summed E-state index contributed by atoms with van der Waals surface area (Å²) in [5.74, 6) is 0. The van der Waals surface area contributed by atoms with Crippen LogP contribution >= 0.6 is 31.9 Å². The van der Waals surface area contributed by atoms with Crippen LogP contribution in [0.15, 0.2) is 41.4 Å². The maximum absolute atomic E-state index is 12.8. The Kier molecular flexibility index (Phi) is 5.40. The van der Waals surface area contributed by atoms with Crippen molar-refractivity contribution in [3.8, 4) is 0 Å². The quantitative estimate of drug-likeness (QED) is 0.707. The topological polar surface area (TPSA) is 59.1 Å². The maximum atomic E-state index is 12.8. The van der Waals surface area contributed by atoms with Crippen molar-refractivity contribution in [3.63, 3.8) is 0 Å². The van der Waals surface area contributed by atoms with Crippen LogP contribution in [-0.4, -0.2) is 29.6 Å². The molecule has 21 heavy (non-hydrogen) atoms. The van der Waals surface area contributed by atoms with Gasteiger partial charge in [0.2, 0.25) is 10.0 Å². The lowest BCUT2D eigenvalue weighted by Gasteiger charge is -2.29. The van der Waals surface area contributed by atoms with Crippen LogP contribution in [-0.2, 0) is 10.0 Å². The second-order valence-electron chi connectivity index (χ2n) is 4.83. The van der Waals surface area contributed by atoms with Gasteiger partial charge < -0.3 is 0 Å². The largest absolute Gasteiger partial charge is 0.256 e. The number of pyridine rings is 1. The first-order chi connectivity index (χ1) is 9.98. The van der Waals surface area contributed by atoms with E-state index < -0.39 is 15.6 Å². The van der Waals surface area contributed by atoms with Crippen LogP contribution in [0.25, 0.3) is 10.9 Å². The van der Waals surface area contributed by atoms with Crippen LogP contribution in [0.2, 0.25) is 0 Å². The molecule has 0 bridgehead atoms. The van der Waals surface area contributed by atoms with E-state index in [2.05, 4.69) is 41.6 Å². The van der Waals surface area contributed by atoms with Gasteiger partial charge in [-0.2, -0.15) is 0 Å². The Hall–Kier alpha value is -0.500. The molecule has 0 atom stereocenters. The molecule has 4 nitrogen and oxygen atoms in total. The molecular formula is C14H16Br2N2O2S. The van der Waals surface area contributed by atoms with Gasteiger partial charge in [0, 0.05) is 22.2 Å². The summed E-state index contributed by atoms with van der Waals surface area (Å²) in [5.41, 5.74) is 0.114. The summed E-state index contributed by atoms with van der Waals surface area (Å²) in [7, 11) is -3.63. The second-order valence-corrected chi connectivity index (χ2v) is 7.61. The van der Waals surface area contributed by atoms with Crippen molar-refractivity contribution in [1.82, 2.24) is 9.71 Å². The molecule has 0 aliphatic carbocycles. The molecule has 1 aromatic heterocycles. The molecule has 0 amide bonds. The standard InChI is InChI=1S/C14H16Br2N2O2S/c1-2-14(9-15,10-16)18-21(19,20)13-7-3-6-12-11(13)5-4-8-17-12/h3-8,18H,2,9-10H2,1H3. The summed E-state index contributed by atoms with van der Waals surface area (Å²) in [5, 5.41) is 1.69. The van der Waals surface area contributed by atoms with Crippen LogP contribution in [0.3, 0.4) is 0 Å². The van der Waals surface area contributed by atoms with E-state index in [1.165, 1.54) is 0 Å². The molecule has 0 saturated heterocycles. The van der Waals surface area contributed by atoms with Crippen molar-refractivity contribution in [2.75, 3.05) is 10.7 Å². The smallest absolute Gasteiger partial charge is 0.241 e. The molecular weight excluding hydrogens is 420 g/mol. The average Bonchev–Trinajstić information content (AvgIpc) is 2.52. The minimum Gasteiger partial charge on any atom is -0.256 e. The number of hydrogen-bond acceptors (Lipinski definition) is 3. The van der Waals surface area contributed by atoms with Crippen LogP contribution in [0.4, 0.5) is 0 Å². The van der Waals surface area contributed by atoms with Crippen molar-refractivity contribution in [3.05, 3.63) is 36.5 Å². The third-order valence-corrected chi connectivity index (χ3v) is 7.22. The first-order valence-electron chi connectivity index (χ1n) is 6.48. The van der Waals surface area contributed by atoms with Gasteiger partial charge in [-0.25, -0.2) is 13.1 Å². The minimum absolute atomic E-state index is 0.257. The monoisotopic (exact) mass is 434 g/mol. The van der Waals surface area contributed by atoms with Gasteiger partial charge in [-0.1, -0.05) is 44.8 Å². The first-order valence-corrected chi connectivity index (χ1v) is 10.2. The van der Waals surface area contributed by atoms with Crippen molar-refractivity contribution < 1.29 is 8.42 Å². The van der Waals surface area contributed by atoms with Gasteiger partial charge in [-0.3, -0.25) is 4.98 Å². The number of alkyl halides is 2. The van der Waals surface area contributed by atoms with Gasteiger partial charge in [0.15, 0.2) is 0 Å². The van der Waals surface area contributed by atoms with E-state index in [9.17, 15) is 8.42 Å². The number of nitrogens with zero attached hydrogens (tertiary/aromatic N) is 1. The number of aromatic nitrogens is 1. The van der Waals surface area contributed by atoms with Gasteiger partial charge in [-0.05, 0) is 30.7 Å². The van der Waals surface area contributed by atoms with Crippen molar-refractivity contribution in [1.29, 1.82) is 0 Å². The molecule has 0 aliphatic heterocycles. The highest BCUT2D eigenvalue weighted by Crippen LogP contribution is 2.25. The van der Waals surface area contributed by atoms with Crippen LogP contribution < -0.4 is 4.72 Å². The number of benzene rings is 1. The lowest BCUT2D eigenvalue weighted by atomic mass is 10.0. The lowest BCUT2D eigenvalue weighted by Crippen LogP contribution is -2.50. The zero-order chi connectivity index (χ0) is 15.5. The summed E-state index contributed by atoms with van der Waals surface area (Å²) in [6, 6.07) is 8.63. The van der Waals surface area contributed by atoms with Gasteiger partial charge in [0.1, 0.15) is 0 Å².